The van der Waals surface area contributed by atoms with E-state index < -0.39 is 6.10 Å². The standard InChI is InChI=1S/C12H17NO2/c1-4-11(12(14)13-3)15-10-7-5-9(2)6-8-10/h5-8,11H,4H2,1-3H3,(H,13,14). The van der Waals surface area contributed by atoms with Crippen LogP contribution in [0.25, 0.3) is 0 Å². The number of benzene rings is 1. The molecule has 1 amide bonds. The number of nitrogens with one attached hydrogen (secondary N) is 1. The highest BCUT2D eigenvalue weighted by Crippen LogP contribution is 2.14. The fraction of sp³-hybridized carbons (Fsp3) is 0.417. The smallest absolute Gasteiger partial charge is 0.260 e. The molecule has 1 atom stereocenters. The molecule has 0 bridgehead atoms. The van der Waals surface area contributed by atoms with Crippen molar-refractivity contribution in [1.29, 1.82) is 0 Å². The van der Waals surface area contributed by atoms with Crippen LogP contribution in [0.3, 0.4) is 0 Å². The molecule has 1 unspecified atom stereocenters. The fourth-order valence-corrected chi connectivity index (χ4v) is 1.26. The molecule has 0 aliphatic rings. The van der Waals surface area contributed by atoms with Gasteiger partial charge in [0.15, 0.2) is 6.10 Å². The lowest BCUT2D eigenvalue weighted by Crippen LogP contribution is -2.35. The molecule has 0 aliphatic carbocycles. The van der Waals surface area contributed by atoms with Gasteiger partial charge in [-0.25, -0.2) is 0 Å². The number of carbonyl (C=O) groups is 1. The van der Waals surface area contributed by atoms with Crippen molar-refractivity contribution in [3.8, 4) is 5.75 Å². The van der Waals surface area contributed by atoms with E-state index in [0.29, 0.717) is 6.42 Å². The number of amides is 1. The molecule has 3 nitrogen and oxygen atoms in total. The molecule has 15 heavy (non-hydrogen) atoms. The Morgan fingerprint density at radius 2 is 2.00 bits per heavy atom. The summed E-state index contributed by atoms with van der Waals surface area (Å²) in [6, 6.07) is 7.68. The zero-order chi connectivity index (χ0) is 11.3. The second kappa shape index (κ2) is 5.39. The summed E-state index contributed by atoms with van der Waals surface area (Å²) in [7, 11) is 1.61. The van der Waals surface area contributed by atoms with E-state index in [4.69, 9.17) is 4.74 Å². The van der Waals surface area contributed by atoms with Crippen LogP contribution in [0.2, 0.25) is 0 Å². The first-order valence-corrected chi connectivity index (χ1v) is 5.12. The van der Waals surface area contributed by atoms with Gasteiger partial charge in [0.2, 0.25) is 0 Å². The molecule has 82 valence electrons. The van der Waals surface area contributed by atoms with Gasteiger partial charge in [0, 0.05) is 7.05 Å². The van der Waals surface area contributed by atoms with E-state index in [1.165, 1.54) is 5.56 Å². The van der Waals surface area contributed by atoms with E-state index in [-0.39, 0.29) is 5.91 Å². The zero-order valence-corrected chi connectivity index (χ0v) is 9.41. The summed E-state index contributed by atoms with van der Waals surface area (Å²) in [6.07, 6.45) is 0.255. The highest BCUT2D eigenvalue weighted by molar-refractivity contribution is 5.80. The molecule has 0 spiro atoms. The van der Waals surface area contributed by atoms with Gasteiger partial charge in [0.1, 0.15) is 5.75 Å². The molecule has 1 rings (SSSR count). The van der Waals surface area contributed by atoms with Crippen molar-refractivity contribution in [2.75, 3.05) is 7.05 Å². The van der Waals surface area contributed by atoms with Gasteiger partial charge < -0.3 is 10.1 Å². The third-order valence-electron chi connectivity index (χ3n) is 2.21. The third kappa shape index (κ3) is 3.27. The van der Waals surface area contributed by atoms with Gasteiger partial charge in [0.25, 0.3) is 5.91 Å². The van der Waals surface area contributed by atoms with Crippen LogP contribution in [0.4, 0.5) is 0 Å². The van der Waals surface area contributed by atoms with E-state index in [2.05, 4.69) is 5.32 Å². The molecule has 0 radical (unpaired) electrons. The lowest BCUT2D eigenvalue weighted by Gasteiger charge is -2.15. The first kappa shape index (κ1) is 11.6. The summed E-state index contributed by atoms with van der Waals surface area (Å²) in [5.74, 6) is 0.647. The van der Waals surface area contributed by atoms with Crippen molar-refractivity contribution < 1.29 is 9.53 Å². The van der Waals surface area contributed by atoms with Crippen LogP contribution in [0.1, 0.15) is 18.9 Å². The maximum Gasteiger partial charge on any atom is 0.260 e. The van der Waals surface area contributed by atoms with Crippen LogP contribution in [-0.4, -0.2) is 19.1 Å². The van der Waals surface area contributed by atoms with E-state index >= 15 is 0 Å². The van der Waals surface area contributed by atoms with Gasteiger partial charge >= 0.3 is 0 Å². The number of likely N-dealkylation sites (N-methyl/N-ethyl adjacent to an activating group) is 1. The Kier molecular flexibility index (Phi) is 4.16. The second-order valence-corrected chi connectivity index (χ2v) is 3.44. The monoisotopic (exact) mass is 207 g/mol. The van der Waals surface area contributed by atoms with Crippen LogP contribution < -0.4 is 10.1 Å². The van der Waals surface area contributed by atoms with Crippen molar-refractivity contribution >= 4 is 5.91 Å². The van der Waals surface area contributed by atoms with E-state index in [0.717, 1.165) is 5.75 Å². The van der Waals surface area contributed by atoms with Crippen LogP contribution >= 0.6 is 0 Å². The van der Waals surface area contributed by atoms with Crippen molar-refractivity contribution in [2.24, 2.45) is 0 Å². The summed E-state index contributed by atoms with van der Waals surface area (Å²) in [5, 5.41) is 2.58. The van der Waals surface area contributed by atoms with E-state index in [9.17, 15) is 4.79 Å². The van der Waals surface area contributed by atoms with Crippen LogP contribution in [0.5, 0.6) is 5.75 Å². The Bertz CT molecular complexity index is 319. The van der Waals surface area contributed by atoms with Crippen molar-refractivity contribution in [1.82, 2.24) is 5.32 Å². The van der Waals surface area contributed by atoms with Gasteiger partial charge in [-0.1, -0.05) is 24.6 Å². The second-order valence-electron chi connectivity index (χ2n) is 3.44. The maximum atomic E-state index is 11.4. The zero-order valence-electron chi connectivity index (χ0n) is 9.41. The summed E-state index contributed by atoms with van der Waals surface area (Å²) >= 11 is 0. The molecule has 0 aromatic heterocycles. The number of carbonyl (C=O) groups excluding carboxylic acids is 1. The van der Waals surface area contributed by atoms with Crippen molar-refractivity contribution in [3.63, 3.8) is 0 Å². The average molecular weight is 207 g/mol. The highest BCUT2D eigenvalue weighted by atomic mass is 16.5. The molecule has 1 aromatic carbocycles. The molecule has 1 aromatic rings. The van der Waals surface area contributed by atoms with Crippen molar-refractivity contribution in [2.45, 2.75) is 26.4 Å². The van der Waals surface area contributed by atoms with Crippen molar-refractivity contribution in [3.05, 3.63) is 29.8 Å². The van der Waals surface area contributed by atoms with Gasteiger partial charge in [-0.3, -0.25) is 4.79 Å². The normalized spacial score (nSPS) is 11.9. The maximum absolute atomic E-state index is 11.4. The number of aryl methyl sites for hydroxylation is 1. The summed E-state index contributed by atoms with van der Waals surface area (Å²) < 4.78 is 5.56. The lowest BCUT2D eigenvalue weighted by atomic mass is 10.2. The predicted molar refractivity (Wildman–Crippen MR) is 60.0 cm³/mol. The van der Waals surface area contributed by atoms with E-state index in [1.54, 1.807) is 7.05 Å². The Morgan fingerprint density at radius 1 is 1.40 bits per heavy atom. The molecular formula is C12H17NO2. The van der Waals surface area contributed by atoms with Crippen LogP contribution in [0.15, 0.2) is 24.3 Å². The Hall–Kier alpha value is -1.51. The molecule has 0 saturated heterocycles. The van der Waals surface area contributed by atoms with Gasteiger partial charge in [0.05, 0.1) is 0 Å². The largest absolute Gasteiger partial charge is 0.481 e. The van der Waals surface area contributed by atoms with Crippen LogP contribution in [0, 0.1) is 6.92 Å². The molecule has 0 aliphatic heterocycles. The quantitative estimate of drug-likeness (QED) is 0.819. The number of hydrogen-bond donors (Lipinski definition) is 1. The van der Waals surface area contributed by atoms with Gasteiger partial charge in [-0.05, 0) is 25.5 Å². The minimum Gasteiger partial charge on any atom is -0.481 e. The Balaban J connectivity index is 2.66. The minimum atomic E-state index is -0.405. The summed E-state index contributed by atoms with van der Waals surface area (Å²) in [4.78, 5) is 11.4. The fourth-order valence-electron chi connectivity index (χ4n) is 1.26. The molecule has 0 saturated carbocycles. The molecule has 0 heterocycles. The molecule has 0 fully saturated rings. The average Bonchev–Trinajstić information content (AvgIpc) is 2.27. The summed E-state index contributed by atoms with van der Waals surface area (Å²) in [5.41, 5.74) is 1.18. The first-order valence-electron chi connectivity index (χ1n) is 5.12. The third-order valence-corrected chi connectivity index (χ3v) is 2.21. The summed E-state index contributed by atoms with van der Waals surface area (Å²) in [6.45, 7) is 3.94. The number of ether oxygens (including phenoxy) is 1. The van der Waals surface area contributed by atoms with Gasteiger partial charge in [-0.15, -0.1) is 0 Å². The first-order chi connectivity index (χ1) is 7.17. The molecule has 1 N–H and O–H groups in total. The van der Waals surface area contributed by atoms with E-state index in [1.807, 2.05) is 38.1 Å². The molecule has 3 heteroatoms. The SMILES string of the molecule is CCC(Oc1ccc(C)cc1)C(=O)NC. The molecular weight excluding hydrogens is 190 g/mol. The lowest BCUT2D eigenvalue weighted by molar-refractivity contribution is -0.127. The topological polar surface area (TPSA) is 38.3 Å². The number of rotatable bonds is 4. The minimum absolute atomic E-state index is 0.0851. The highest BCUT2D eigenvalue weighted by Gasteiger charge is 2.16. The van der Waals surface area contributed by atoms with Crippen LogP contribution in [-0.2, 0) is 4.79 Å². The number of hydrogen-bond acceptors (Lipinski definition) is 2. The van der Waals surface area contributed by atoms with Gasteiger partial charge in [-0.2, -0.15) is 0 Å². The Morgan fingerprint density at radius 3 is 2.47 bits per heavy atom. The predicted octanol–water partition coefficient (Wildman–Crippen LogP) is 1.90. The Labute approximate surface area is 90.4 Å².